The number of benzene rings is 2. The molecular formula is C19H16Cl2N2O. The Morgan fingerprint density at radius 1 is 1.17 bits per heavy atom. The molecule has 1 amide bonds. The first kappa shape index (κ1) is 18.1. The predicted octanol–water partition coefficient (Wildman–Crippen LogP) is 5.66. The van der Waals surface area contributed by atoms with Crippen molar-refractivity contribution in [2.24, 2.45) is 0 Å². The molecule has 0 fully saturated rings. The van der Waals surface area contributed by atoms with E-state index < -0.39 is 5.91 Å². The maximum absolute atomic E-state index is 12.3. The molecule has 0 saturated heterocycles. The lowest BCUT2D eigenvalue weighted by Crippen LogP contribution is -2.13. The van der Waals surface area contributed by atoms with Gasteiger partial charge in [0.1, 0.15) is 11.6 Å². The Hall–Kier alpha value is -2.28. The highest BCUT2D eigenvalue weighted by Gasteiger charge is 2.12. The fraction of sp³-hybridized carbons (Fsp3) is 0.158. The zero-order valence-electron chi connectivity index (χ0n) is 13.3. The molecular weight excluding hydrogens is 343 g/mol. The standard InChI is InChI=1S/C19H16Cl2N2O/c1-12(2)14-8-6-13(7-9-14)10-15(11-22)19(24)23-17-5-3-4-16(20)18(17)21/h3-10,12H,1-2H3,(H,23,24)/b15-10+. The van der Waals surface area contributed by atoms with Crippen molar-refractivity contribution in [3.63, 3.8) is 0 Å². The SMILES string of the molecule is CC(C)c1ccc(/C=C(\C#N)C(=O)Nc2cccc(Cl)c2Cl)cc1. The molecule has 0 aliphatic rings. The first-order chi connectivity index (χ1) is 11.4. The number of nitrogens with zero attached hydrogens (tertiary/aromatic N) is 1. The Bertz CT molecular complexity index is 818. The molecule has 2 rings (SSSR count). The van der Waals surface area contributed by atoms with E-state index in [9.17, 15) is 10.1 Å². The highest BCUT2D eigenvalue weighted by atomic mass is 35.5. The Labute approximate surface area is 151 Å². The van der Waals surface area contributed by atoms with E-state index in [-0.39, 0.29) is 10.6 Å². The number of amides is 1. The number of hydrogen-bond acceptors (Lipinski definition) is 2. The third-order valence-corrected chi connectivity index (χ3v) is 4.30. The van der Waals surface area contributed by atoms with E-state index in [2.05, 4.69) is 19.2 Å². The van der Waals surface area contributed by atoms with Gasteiger partial charge < -0.3 is 5.32 Å². The molecule has 0 spiro atoms. The second kappa shape index (κ2) is 8.01. The van der Waals surface area contributed by atoms with Gasteiger partial charge in [-0.3, -0.25) is 4.79 Å². The summed E-state index contributed by atoms with van der Waals surface area (Å²) in [5, 5.41) is 12.4. The second-order valence-electron chi connectivity index (χ2n) is 5.55. The first-order valence-electron chi connectivity index (χ1n) is 7.39. The van der Waals surface area contributed by atoms with Crippen LogP contribution >= 0.6 is 23.2 Å². The zero-order chi connectivity index (χ0) is 17.7. The highest BCUT2D eigenvalue weighted by molar-refractivity contribution is 6.44. The molecule has 0 bridgehead atoms. The molecule has 24 heavy (non-hydrogen) atoms. The number of carbonyl (C=O) groups excluding carboxylic acids is 1. The lowest BCUT2D eigenvalue weighted by atomic mass is 10.0. The zero-order valence-corrected chi connectivity index (χ0v) is 14.8. The van der Waals surface area contributed by atoms with Crippen LogP contribution in [0.2, 0.25) is 10.0 Å². The van der Waals surface area contributed by atoms with Crippen molar-refractivity contribution in [3.8, 4) is 6.07 Å². The van der Waals surface area contributed by atoms with Crippen molar-refractivity contribution in [1.82, 2.24) is 0 Å². The topological polar surface area (TPSA) is 52.9 Å². The van der Waals surface area contributed by atoms with Crippen molar-refractivity contribution in [3.05, 3.63) is 69.2 Å². The van der Waals surface area contributed by atoms with Crippen LogP contribution in [0.4, 0.5) is 5.69 Å². The number of nitriles is 1. The summed E-state index contributed by atoms with van der Waals surface area (Å²) in [6, 6.07) is 14.6. The van der Waals surface area contributed by atoms with Gasteiger partial charge in [-0.1, -0.05) is 67.4 Å². The smallest absolute Gasteiger partial charge is 0.266 e. The number of carbonyl (C=O) groups is 1. The molecule has 2 aromatic rings. The minimum Gasteiger partial charge on any atom is -0.320 e. The van der Waals surface area contributed by atoms with Gasteiger partial charge in [0.15, 0.2) is 0 Å². The van der Waals surface area contributed by atoms with Gasteiger partial charge in [-0.2, -0.15) is 5.26 Å². The molecule has 3 nitrogen and oxygen atoms in total. The van der Waals surface area contributed by atoms with Gasteiger partial charge in [-0.15, -0.1) is 0 Å². The third kappa shape index (κ3) is 4.38. The van der Waals surface area contributed by atoms with Gasteiger partial charge in [0, 0.05) is 0 Å². The Morgan fingerprint density at radius 2 is 1.83 bits per heavy atom. The van der Waals surface area contributed by atoms with Gasteiger partial charge in [-0.25, -0.2) is 0 Å². The van der Waals surface area contributed by atoms with Crippen LogP contribution in [0.5, 0.6) is 0 Å². The first-order valence-corrected chi connectivity index (χ1v) is 8.15. The summed E-state index contributed by atoms with van der Waals surface area (Å²) in [4.78, 5) is 12.3. The van der Waals surface area contributed by atoms with Crippen LogP contribution in [0.25, 0.3) is 6.08 Å². The average molecular weight is 359 g/mol. The van der Waals surface area contributed by atoms with Crippen LogP contribution < -0.4 is 5.32 Å². The summed E-state index contributed by atoms with van der Waals surface area (Å²) in [7, 11) is 0. The van der Waals surface area contributed by atoms with Crippen LogP contribution in [0.1, 0.15) is 30.9 Å². The molecule has 0 unspecified atom stereocenters. The van der Waals surface area contributed by atoms with Gasteiger partial charge >= 0.3 is 0 Å². The van der Waals surface area contributed by atoms with E-state index in [1.807, 2.05) is 30.3 Å². The summed E-state index contributed by atoms with van der Waals surface area (Å²) in [6.07, 6.45) is 1.54. The molecule has 0 aliphatic carbocycles. The summed E-state index contributed by atoms with van der Waals surface area (Å²) in [5.41, 5.74) is 2.33. The van der Waals surface area contributed by atoms with Crippen LogP contribution in [-0.2, 0) is 4.79 Å². The van der Waals surface area contributed by atoms with Gasteiger partial charge in [0.2, 0.25) is 0 Å². The number of halogens is 2. The van der Waals surface area contributed by atoms with E-state index >= 15 is 0 Å². The summed E-state index contributed by atoms with van der Waals surface area (Å²) < 4.78 is 0. The van der Waals surface area contributed by atoms with E-state index in [1.54, 1.807) is 18.2 Å². The summed E-state index contributed by atoms with van der Waals surface area (Å²) in [5.74, 6) is -0.110. The Balaban J connectivity index is 2.22. The molecule has 0 atom stereocenters. The normalized spacial score (nSPS) is 11.2. The Morgan fingerprint density at radius 3 is 2.42 bits per heavy atom. The molecule has 5 heteroatoms. The predicted molar refractivity (Wildman–Crippen MR) is 99.2 cm³/mol. The number of rotatable bonds is 4. The minimum atomic E-state index is -0.533. The van der Waals surface area contributed by atoms with E-state index in [0.717, 1.165) is 5.56 Å². The molecule has 2 aromatic carbocycles. The minimum absolute atomic E-state index is 0.0108. The summed E-state index contributed by atoms with van der Waals surface area (Å²) >= 11 is 12.0. The van der Waals surface area contributed by atoms with Gasteiger partial charge in [0.25, 0.3) is 5.91 Å². The molecule has 1 N–H and O–H groups in total. The molecule has 0 radical (unpaired) electrons. The monoisotopic (exact) mass is 358 g/mol. The molecule has 0 saturated carbocycles. The van der Waals surface area contributed by atoms with Gasteiger partial charge in [-0.05, 0) is 35.3 Å². The summed E-state index contributed by atoms with van der Waals surface area (Å²) in [6.45, 7) is 4.21. The maximum atomic E-state index is 12.3. The lowest BCUT2D eigenvalue weighted by molar-refractivity contribution is -0.112. The van der Waals surface area contributed by atoms with Crippen LogP contribution in [-0.4, -0.2) is 5.91 Å². The quantitative estimate of drug-likeness (QED) is 0.565. The fourth-order valence-corrected chi connectivity index (χ4v) is 2.43. The number of anilines is 1. The van der Waals surface area contributed by atoms with E-state index in [4.69, 9.17) is 23.2 Å². The lowest BCUT2D eigenvalue weighted by Gasteiger charge is -2.08. The molecule has 0 aliphatic heterocycles. The number of nitrogens with one attached hydrogen (secondary N) is 1. The van der Waals surface area contributed by atoms with Crippen LogP contribution in [0.15, 0.2) is 48.0 Å². The Kier molecular flexibility index (Phi) is 6.03. The van der Waals surface area contributed by atoms with Crippen molar-refractivity contribution >= 4 is 40.9 Å². The third-order valence-electron chi connectivity index (χ3n) is 3.48. The van der Waals surface area contributed by atoms with Crippen molar-refractivity contribution < 1.29 is 4.79 Å². The van der Waals surface area contributed by atoms with Gasteiger partial charge in [0.05, 0.1) is 15.7 Å². The van der Waals surface area contributed by atoms with Crippen molar-refractivity contribution in [2.75, 3.05) is 5.32 Å². The fourth-order valence-electron chi connectivity index (χ4n) is 2.08. The van der Waals surface area contributed by atoms with E-state index in [1.165, 1.54) is 11.6 Å². The van der Waals surface area contributed by atoms with E-state index in [0.29, 0.717) is 16.6 Å². The van der Waals surface area contributed by atoms with Crippen LogP contribution in [0, 0.1) is 11.3 Å². The van der Waals surface area contributed by atoms with Crippen molar-refractivity contribution in [2.45, 2.75) is 19.8 Å². The molecule has 0 aromatic heterocycles. The van der Waals surface area contributed by atoms with Crippen LogP contribution in [0.3, 0.4) is 0 Å². The number of hydrogen-bond donors (Lipinski definition) is 1. The average Bonchev–Trinajstić information content (AvgIpc) is 2.57. The second-order valence-corrected chi connectivity index (χ2v) is 6.33. The van der Waals surface area contributed by atoms with Crippen molar-refractivity contribution in [1.29, 1.82) is 5.26 Å². The largest absolute Gasteiger partial charge is 0.320 e. The highest BCUT2D eigenvalue weighted by Crippen LogP contribution is 2.29. The maximum Gasteiger partial charge on any atom is 0.266 e. The molecule has 0 heterocycles. The molecule has 122 valence electrons.